The van der Waals surface area contributed by atoms with Crippen LogP contribution in [0.15, 0.2) is 24.4 Å². The number of benzene rings is 1. The third-order valence-corrected chi connectivity index (χ3v) is 5.21. The van der Waals surface area contributed by atoms with Crippen LogP contribution < -0.4 is 14.8 Å². The summed E-state index contributed by atoms with van der Waals surface area (Å²) in [7, 11) is 3.16. The lowest BCUT2D eigenvalue weighted by Gasteiger charge is -2.08. The highest BCUT2D eigenvalue weighted by atomic mass is 32.1. The number of rotatable bonds is 9. The van der Waals surface area contributed by atoms with E-state index in [0.29, 0.717) is 32.5 Å². The first-order valence-electron chi connectivity index (χ1n) is 9.09. The summed E-state index contributed by atoms with van der Waals surface area (Å²) in [5, 5.41) is 3.59. The second-order valence-electron chi connectivity index (χ2n) is 5.79. The van der Waals surface area contributed by atoms with Crippen LogP contribution in [0.25, 0.3) is 6.08 Å². The van der Waals surface area contributed by atoms with Crippen molar-refractivity contribution < 1.29 is 28.5 Å². The number of esters is 2. The largest absolute Gasteiger partial charge is 0.497 e. The molecule has 2 aromatic rings. The van der Waals surface area contributed by atoms with Crippen LogP contribution in [0, 0.1) is 6.92 Å². The highest BCUT2D eigenvalue weighted by Crippen LogP contribution is 2.34. The second kappa shape index (κ2) is 10.5. The number of anilines is 1. The monoisotopic (exact) mass is 419 g/mol. The minimum absolute atomic E-state index is 0.237. The maximum atomic E-state index is 12.4. The van der Waals surface area contributed by atoms with Crippen molar-refractivity contribution in [3.05, 3.63) is 46.0 Å². The van der Waals surface area contributed by atoms with Gasteiger partial charge < -0.3 is 24.3 Å². The van der Waals surface area contributed by atoms with E-state index in [-0.39, 0.29) is 13.2 Å². The van der Waals surface area contributed by atoms with Gasteiger partial charge in [-0.2, -0.15) is 0 Å². The Morgan fingerprint density at radius 1 is 1.07 bits per heavy atom. The van der Waals surface area contributed by atoms with Gasteiger partial charge in [-0.05, 0) is 44.5 Å². The molecule has 7 nitrogen and oxygen atoms in total. The van der Waals surface area contributed by atoms with E-state index in [4.69, 9.17) is 18.9 Å². The molecule has 2 rings (SSSR count). The fourth-order valence-electron chi connectivity index (χ4n) is 2.62. The average molecular weight is 419 g/mol. The fourth-order valence-corrected chi connectivity index (χ4v) is 3.69. The molecule has 0 amide bonds. The SMILES string of the molecule is CCOC(=O)c1sc(NC=Cc2ccc(OC)cc2OC)c(C(=O)OCC)c1C. The van der Waals surface area contributed by atoms with Gasteiger partial charge in [0.05, 0.1) is 33.0 Å². The van der Waals surface area contributed by atoms with E-state index in [1.165, 1.54) is 0 Å². The molecular formula is C21H25NO6S. The third kappa shape index (κ3) is 5.29. The van der Waals surface area contributed by atoms with Crippen molar-refractivity contribution in [3.63, 3.8) is 0 Å². The zero-order chi connectivity index (χ0) is 21.4. The molecule has 0 saturated heterocycles. The lowest BCUT2D eigenvalue weighted by molar-refractivity contribution is 0.0527. The van der Waals surface area contributed by atoms with Crippen molar-refractivity contribution >= 4 is 34.4 Å². The van der Waals surface area contributed by atoms with Crippen LogP contribution in [-0.2, 0) is 9.47 Å². The summed E-state index contributed by atoms with van der Waals surface area (Å²) in [6.45, 7) is 5.66. The van der Waals surface area contributed by atoms with Crippen molar-refractivity contribution in [3.8, 4) is 11.5 Å². The number of hydrogen-bond donors (Lipinski definition) is 1. The van der Waals surface area contributed by atoms with Crippen LogP contribution in [0.3, 0.4) is 0 Å². The summed E-state index contributed by atoms with van der Waals surface area (Å²) in [6.07, 6.45) is 3.47. The van der Waals surface area contributed by atoms with E-state index in [2.05, 4.69) is 5.32 Å². The maximum Gasteiger partial charge on any atom is 0.348 e. The molecule has 0 fully saturated rings. The molecule has 29 heavy (non-hydrogen) atoms. The van der Waals surface area contributed by atoms with Crippen LogP contribution in [0.2, 0.25) is 0 Å². The predicted octanol–water partition coefficient (Wildman–Crippen LogP) is 4.51. The van der Waals surface area contributed by atoms with E-state index in [1.807, 2.05) is 12.1 Å². The lowest BCUT2D eigenvalue weighted by atomic mass is 10.1. The van der Waals surface area contributed by atoms with Crippen LogP contribution in [-0.4, -0.2) is 39.4 Å². The first-order chi connectivity index (χ1) is 14.0. The summed E-state index contributed by atoms with van der Waals surface area (Å²) >= 11 is 1.15. The van der Waals surface area contributed by atoms with Gasteiger partial charge in [-0.1, -0.05) is 0 Å². The van der Waals surface area contributed by atoms with E-state index in [9.17, 15) is 9.59 Å². The number of methoxy groups -OCH3 is 2. The molecule has 1 heterocycles. The molecule has 0 saturated carbocycles. The van der Waals surface area contributed by atoms with Gasteiger partial charge in [-0.25, -0.2) is 9.59 Å². The zero-order valence-electron chi connectivity index (χ0n) is 17.2. The normalized spacial score (nSPS) is 10.7. The molecule has 0 bridgehead atoms. The van der Waals surface area contributed by atoms with Crippen molar-refractivity contribution in [1.29, 1.82) is 0 Å². The standard InChI is InChI=1S/C21H25NO6S/c1-6-27-20(23)17-13(3)18(21(24)28-7-2)29-19(17)22-11-10-14-8-9-15(25-4)12-16(14)26-5/h8-12,22H,6-7H2,1-5H3. The van der Waals surface area contributed by atoms with Gasteiger partial charge in [0, 0.05) is 17.8 Å². The Morgan fingerprint density at radius 3 is 2.38 bits per heavy atom. The van der Waals surface area contributed by atoms with Crippen LogP contribution in [0.4, 0.5) is 5.00 Å². The molecule has 1 aromatic heterocycles. The van der Waals surface area contributed by atoms with Crippen molar-refractivity contribution in [1.82, 2.24) is 0 Å². The summed E-state index contributed by atoms with van der Waals surface area (Å²) in [5.74, 6) is 0.372. The van der Waals surface area contributed by atoms with E-state index in [1.54, 1.807) is 53.3 Å². The molecular weight excluding hydrogens is 394 g/mol. The van der Waals surface area contributed by atoms with Crippen LogP contribution >= 0.6 is 11.3 Å². The summed E-state index contributed by atoms with van der Waals surface area (Å²) in [5.41, 5.74) is 1.67. The fraction of sp³-hybridized carbons (Fsp3) is 0.333. The Hall–Kier alpha value is -3.00. The van der Waals surface area contributed by atoms with Crippen LogP contribution in [0.1, 0.15) is 45.0 Å². The molecule has 156 valence electrons. The van der Waals surface area contributed by atoms with Crippen LogP contribution in [0.5, 0.6) is 11.5 Å². The molecule has 0 spiro atoms. The molecule has 1 N–H and O–H groups in total. The Labute approximate surface area is 174 Å². The maximum absolute atomic E-state index is 12.4. The van der Waals surface area contributed by atoms with Gasteiger partial charge in [-0.15, -0.1) is 11.3 Å². The molecule has 0 radical (unpaired) electrons. The highest BCUT2D eigenvalue weighted by molar-refractivity contribution is 7.18. The van der Waals surface area contributed by atoms with Crippen molar-refractivity contribution in [2.75, 3.05) is 32.8 Å². The highest BCUT2D eigenvalue weighted by Gasteiger charge is 2.25. The van der Waals surface area contributed by atoms with Crippen molar-refractivity contribution in [2.45, 2.75) is 20.8 Å². The lowest BCUT2D eigenvalue weighted by Crippen LogP contribution is -2.09. The predicted molar refractivity (Wildman–Crippen MR) is 113 cm³/mol. The molecule has 8 heteroatoms. The van der Waals surface area contributed by atoms with Gasteiger partial charge in [0.1, 0.15) is 21.4 Å². The zero-order valence-corrected chi connectivity index (χ0v) is 18.0. The molecule has 0 aliphatic carbocycles. The molecule has 0 aliphatic rings. The smallest absolute Gasteiger partial charge is 0.348 e. The first-order valence-corrected chi connectivity index (χ1v) is 9.91. The number of hydrogen-bond acceptors (Lipinski definition) is 8. The number of carbonyl (C=O) groups excluding carboxylic acids is 2. The number of ether oxygens (including phenoxy) is 4. The quantitative estimate of drug-likeness (QED) is 0.599. The Kier molecular flexibility index (Phi) is 8.09. The minimum atomic E-state index is -0.491. The molecule has 0 atom stereocenters. The van der Waals surface area contributed by atoms with Gasteiger partial charge >= 0.3 is 11.9 Å². The minimum Gasteiger partial charge on any atom is -0.497 e. The summed E-state index contributed by atoms with van der Waals surface area (Å²) in [6, 6.07) is 5.45. The second-order valence-corrected chi connectivity index (χ2v) is 6.81. The molecule has 0 unspecified atom stereocenters. The average Bonchev–Trinajstić information content (AvgIpc) is 3.04. The first kappa shape index (κ1) is 22.3. The van der Waals surface area contributed by atoms with E-state index < -0.39 is 11.9 Å². The van der Waals surface area contributed by atoms with Gasteiger partial charge in [-0.3, -0.25) is 0 Å². The van der Waals surface area contributed by atoms with Gasteiger partial charge in [0.2, 0.25) is 0 Å². The molecule has 1 aromatic carbocycles. The summed E-state index contributed by atoms with van der Waals surface area (Å²) < 4.78 is 20.8. The Bertz CT molecular complexity index is 903. The number of carbonyl (C=O) groups is 2. The van der Waals surface area contributed by atoms with E-state index >= 15 is 0 Å². The Morgan fingerprint density at radius 2 is 1.76 bits per heavy atom. The van der Waals surface area contributed by atoms with Gasteiger partial charge in [0.25, 0.3) is 0 Å². The third-order valence-electron chi connectivity index (χ3n) is 4.01. The molecule has 0 aliphatic heterocycles. The Balaban J connectivity index is 2.34. The van der Waals surface area contributed by atoms with E-state index in [0.717, 1.165) is 16.9 Å². The topological polar surface area (TPSA) is 83.1 Å². The van der Waals surface area contributed by atoms with Gasteiger partial charge in [0.15, 0.2) is 0 Å². The number of thiophene rings is 1. The summed E-state index contributed by atoms with van der Waals surface area (Å²) in [4.78, 5) is 25.0. The number of nitrogens with one attached hydrogen (secondary N) is 1. The van der Waals surface area contributed by atoms with Crippen molar-refractivity contribution in [2.24, 2.45) is 0 Å².